The Balaban J connectivity index is 2.46. The first-order chi connectivity index (χ1) is 9.78. The smallest absolute Gasteiger partial charge is 0.310 e. The number of methoxy groups -OCH3 is 1. The minimum atomic E-state index is -0.117. The number of carbonyl (C=O) groups excluding carboxylic acids is 1. The predicted molar refractivity (Wildman–Crippen MR) is 86.3 cm³/mol. The molecule has 21 heavy (non-hydrogen) atoms. The van der Waals surface area contributed by atoms with Gasteiger partial charge in [0.05, 0.1) is 13.0 Å². The lowest BCUT2D eigenvalue weighted by Crippen LogP contribution is -2.41. The van der Waals surface area contributed by atoms with Crippen molar-refractivity contribution in [3.63, 3.8) is 0 Å². The number of hydrogen-bond donors (Lipinski definition) is 1. The van der Waals surface area contributed by atoms with Crippen LogP contribution in [-0.2, 0) is 9.53 Å². The third kappa shape index (κ3) is 5.56. The van der Waals surface area contributed by atoms with Gasteiger partial charge < -0.3 is 15.0 Å². The third-order valence-corrected chi connectivity index (χ3v) is 4.01. The summed E-state index contributed by atoms with van der Waals surface area (Å²) in [6.45, 7) is 11.3. The van der Waals surface area contributed by atoms with Crippen LogP contribution >= 0.6 is 0 Å². The van der Waals surface area contributed by atoms with Crippen molar-refractivity contribution in [2.75, 3.05) is 33.8 Å². The summed E-state index contributed by atoms with van der Waals surface area (Å²) in [5, 5.41) is 3.41. The minimum Gasteiger partial charge on any atom is -0.469 e. The lowest BCUT2D eigenvalue weighted by molar-refractivity contribution is -0.145. The van der Waals surface area contributed by atoms with Gasteiger partial charge in [-0.3, -0.25) is 9.79 Å². The van der Waals surface area contributed by atoms with Gasteiger partial charge in [0.25, 0.3) is 0 Å². The average molecular weight is 297 g/mol. The Morgan fingerprint density at radius 3 is 2.57 bits per heavy atom. The lowest BCUT2D eigenvalue weighted by Gasteiger charge is -2.23. The van der Waals surface area contributed by atoms with Crippen molar-refractivity contribution in [1.29, 1.82) is 0 Å². The van der Waals surface area contributed by atoms with E-state index in [0.717, 1.165) is 25.5 Å². The van der Waals surface area contributed by atoms with Gasteiger partial charge in [-0.25, -0.2) is 0 Å². The number of guanidine groups is 1. The van der Waals surface area contributed by atoms with Crippen LogP contribution in [-0.4, -0.2) is 50.6 Å². The summed E-state index contributed by atoms with van der Waals surface area (Å²) in [5.41, 5.74) is 0.364. The normalized spacial score (nSPS) is 23.3. The second kappa shape index (κ2) is 7.66. The zero-order valence-corrected chi connectivity index (χ0v) is 14.4. The molecule has 0 aromatic carbocycles. The zero-order valence-electron chi connectivity index (χ0n) is 14.4. The summed E-state index contributed by atoms with van der Waals surface area (Å²) in [7, 11) is 3.25. The van der Waals surface area contributed by atoms with Crippen LogP contribution in [0.5, 0.6) is 0 Å². The first-order valence-electron chi connectivity index (χ1n) is 7.82. The van der Waals surface area contributed by atoms with Crippen LogP contribution in [0.1, 0.15) is 40.5 Å². The summed E-state index contributed by atoms with van der Waals surface area (Å²) in [6.07, 6.45) is 2.30. The highest BCUT2D eigenvalue weighted by molar-refractivity contribution is 5.82. The second-order valence-electron chi connectivity index (χ2n) is 7.15. The van der Waals surface area contributed by atoms with Crippen molar-refractivity contribution < 1.29 is 9.53 Å². The Hall–Kier alpha value is -1.26. The summed E-state index contributed by atoms with van der Waals surface area (Å²) in [5.74, 6) is 1.02. The molecule has 1 saturated heterocycles. The Morgan fingerprint density at radius 1 is 1.38 bits per heavy atom. The van der Waals surface area contributed by atoms with Crippen LogP contribution in [0.3, 0.4) is 0 Å². The first kappa shape index (κ1) is 17.8. The van der Waals surface area contributed by atoms with Crippen LogP contribution in [0.4, 0.5) is 0 Å². The largest absolute Gasteiger partial charge is 0.469 e. The quantitative estimate of drug-likeness (QED) is 0.374. The number of esters is 1. The van der Waals surface area contributed by atoms with Crippen molar-refractivity contribution >= 4 is 11.9 Å². The maximum absolute atomic E-state index is 11.7. The highest BCUT2D eigenvalue weighted by Gasteiger charge is 2.36. The summed E-state index contributed by atoms with van der Waals surface area (Å²) in [4.78, 5) is 18.2. The van der Waals surface area contributed by atoms with Gasteiger partial charge in [0.1, 0.15) is 0 Å². The van der Waals surface area contributed by atoms with E-state index in [2.05, 4.69) is 42.9 Å². The maximum atomic E-state index is 11.7. The fourth-order valence-electron chi connectivity index (χ4n) is 2.75. The predicted octanol–water partition coefficient (Wildman–Crippen LogP) is 2.13. The van der Waals surface area contributed by atoms with Crippen molar-refractivity contribution in [2.24, 2.45) is 22.2 Å². The van der Waals surface area contributed by atoms with Crippen molar-refractivity contribution in [1.82, 2.24) is 10.2 Å². The summed E-state index contributed by atoms with van der Waals surface area (Å²) in [6, 6.07) is 0. The molecule has 0 amide bonds. The molecule has 2 unspecified atom stereocenters. The zero-order chi connectivity index (χ0) is 16.0. The molecule has 1 rings (SSSR count). The van der Waals surface area contributed by atoms with E-state index in [9.17, 15) is 4.79 Å². The third-order valence-electron chi connectivity index (χ3n) is 4.01. The van der Waals surface area contributed by atoms with Gasteiger partial charge in [0.2, 0.25) is 0 Å². The van der Waals surface area contributed by atoms with E-state index in [1.807, 2.05) is 0 Å². The second-order valence-corrected chi connectivity index (χ2v) is 7.15. The Morgan fingerprint density at radius 2 is 2.05 bits per heavy atom. The number of likely N-dealkylation sites (tertiary alicyclic amines) is 1. The molecule has 5 nitrogen and oxygen atoms in total. The molecular weight excluding hydrogens is 266 g/mol. The molecule has 122 valence electrons. The molecule has 5 heteroatoms. The molecule has 1 aliphatic heterocycles. The molecule has 0 spiro atoms. The molecule has 0 aliphatic carbocycles. The average Bonchev–Trinajstić information content (AvgIpc) is 2.78. The van der Waals surface area contributed by atoms with Crippen LogP contribution in [0, 0.1) is 17.3 Å². The number of nitrogens with zero attached hydrogens (tertiary/aromatic N) is 2. The number of aliphatic imine (C=N–C) groups is 1. The Labute approximate surface area is 129 Å². The van der Waals surface area contributed by atoms with E-state index < -0.39 is 0 Å². The maximum Gasteiger partial charge on any atom is 0.310 e. The molecule has 0 saturated carbocycles. The van der Waals surface area contributed by atoms with E-state index in [0.29, 0.717) is 17.9 Å². The van der Waals surface area contributed by atoms with Crippen molar-refractivity contribution in [3.8, 4) is 0 Å². The van der Waals surface area contributed by atoms with E-state index in [4.69, 9.17) is 4.74 Å². The first-order valence-corrected chi connectivity index (χ1v) is 7.82. The number of ether oxygens (including phenoxy) is 1. The van der Waals surface area contributed by atoms with Gasteiger partial charge in [0, 0.05) is 26.7 Å². The molecule has 0 aromatic heterocycles. The molecule has 1 heterocycles. The number of carbonyl (C=O) groups is 1. The highest BCUT2D eigenvalue weighted by atomic mass is 16.5. The fourth-order valence-corrected chi connectivity index (χ4v) is 2.75. The van der Waals surface area contributed by atoms with E-state index in [1.165, 1.54) is 13.5 Å². The standard InChI is InChI=1S/C16H31N3O2/c1-12-10-19(11-13(12)14(20)21-6)15(17-5)18-9-7-8-16(2,3)4/h12-13H,7-11H2,1-6H3,(H,17,18). The molecule has 0 aromatic rings. The SMILES string of the molecule is CN=C(NCCCC(C)(C)C)N1CC(C)C(C(=O)OC)C1. The molecular formula is C16H31N3O2. The molecule has 0 radical (unpaired) electrons. The minimum absolute atomic E-state index is 0.0527. The lowest BCUT2D eigenvalue weighted by atomic mass is 9.91. The Bertz CT molecular complexity index is 374. The molecule has 1 N–H and O–H groups in total. The van der Waals surface area contributed by atoms with Crippen molar-refractivity contribution in [2.45, 2.75) is 40.5 Å². The summed E-state index contributed by atoms with van der Waals surface area (Å²) < 4.78 is 4.88. The molecule has 1 aliphatic rings. The van der Waals surface area contributed by atoms with Crippen LogP contribution in [0.2, 0.25) is 0 Å². The van der Waals surface area contributed by atoms with E-state index in [1.54, 1.807) is 7.05 Å². The summed E-state index contributed by atoms with van der Waals surface area (Å²) >= 11 is 0. The van der Waals surface area contributed by atoms with Gasteiger partial charge in [-0.05, 0) is 24.2 Å². The highest BCUT2D eigenvalue weighted by Crippen LogP contribution is 2.24. The van der Waals surface area contributed by atoms with Gasteiger partial charge in [-0.15, -0.1) is 0 Å². The fraction of sp³-hybridized carbons (Fsp3) is 0.875. The monoisotopic (exact) mass is 297 g/mol. The number of rotatable bonds is 4. The van der Waals surface area contributed by atoms with E-state index in [-0.39, 0.29) is 11.9 Å². The van der Waals surface area contributed by atoms with Crippen LogP contribution in [0.15, 0.2) is 4.99 Å². The molecule has 2 atom stereocenters. The topological polar surface area (TPSA) is 53.9 Å². The van der Waals surface area contributed by atoms with Gasteiger partial charge in [0.15, 0.2) is 5.96 Å². The van der Waals surface area contributed by atoms with Crippen LogP contribution < -0.4 is 5.32 Å². The molecule has 1 fully saturated rings. The molecule has 0 bridgehead atoms. The van der Waals surface area contributed by atoms with Crippen molar-refractivity contribution in [3.05, 3.63) is 0 Å². The van der Waals surface area contributed by atoms with Gasteiger partial charge >= 0.3 is 5.97 Å². The van der Waals surface area contributed by atoms with Crippen LogP contribution in [0.25, 0.3) is 0 Å². The Kier molecular flexibility index (Phi) is 6.49. The van der Waals surface area contributed by atoms with Gasteiger partial charge in [-0.1, -0.05) is 27.7 Å². The van der Waals surface area contributed by atoms with E-state index >= 15 is 0 Å². The number of nitrogens with one attached hydrogen (secondary N) is 1. The van der Waals surface area contributed by atoms with Gasteiger partial charge in [-0.2, -0.15) is 0 Å². The number of hydrogen-bond acceptors (Lipinski definition) is 3.